The Labute approximate surface area is 206 Å². The predicted molar refractivity (Wildman–Crippen MR) is 138 cm³/mol. The summed E-state index contributed by atoms with van der Waals surface area (Å²) in [5, 5.41) is 3.23. The van der Waals surface area contributed by atoms with Crippen LogP contribution in [0.3, 0.4) is 0 Å². The number of aryl methyl sites for hydroxylation is 1. The fourth-order valence-electron chi connectivity index (χ4n) is 4.17. The van der Waals surface area contributed by atoms with Gasteiger partial charge >= 0.3 is 5.97 Å². The number of hydrogen-bond donors (Lipinski definition) is 1. The summed E-state index contributed by atoms with van der Waals surface area (Å²) < 4.78 is 8.27. The monoisotopic (exact) mass is 480 g/mol. The molecule has 0 atom stereocenters. The number of anilines is 1. The van der Waals surface area contributed by atoms with Crippen molar-refractivity contribution in [2.45, 2.75) is 20.4 Å². The molecular weight excluding hydrogens is 456 g/mol. The molecule has 0 unspecified atom stereocenters. The summed E-state index contributed by atoms with van der Waals surface area (Å²) in [6, 6.07) is 21.4. The molecule has 8 nitrogen and oxygen atoms in total. The lowest BCUT2D eigenvalue weighted by molar-refractivity contribution is 0.0526. The fourth-order valence-corrected chi connectivity index (χ4v) is 4.17. The maximum absolute atomic E-state index is 13.4. The van der Waals surface area contributed by atoms with Gasteiger partial charge in [0.2, 0.25) is 0 Å². The molecule has 2 aromatic carbocycles. The number of ether oxygens (including phenoxy) is 1. The smallest absolute Gasteiger partial charge is 0.338 e. The van der Waals surface area contributed by atoms with Crippen LogP contribution in [0.25, 0.3) is 16.7 Å². The van der Waals surface area contributed by atoms with Crippen molar-refractivity contribution in [1.29, 1.82) is 0 Å². The Hall–Kier alpha value is -4.72. The van der Waals surface area contributed by atoms with Gasteiger partial charge in [-0.3, -0.25) is 14.0 Å². The molecular formula is C28H24N4O4. The van der Waals surface area contributed by atoms with Gasteiger partial charge in [0.25, 0.3) is 11.5 Å². The van der Waals surface area contributed by atoms with Gasteiger partial charge in [0, 0.05) is 18.4 Å². The van der Waals surface area contributed by atoms with Gasteiger partial charge in [0.1, 0.15) is 17.0 Å². The lowest BCUT2D eigenvalue weighted by atomic mass is 10.2. The Bertz CT molecular complexity index is 1650. The maximum Gasteiger partial charge on any atom is 0.338 e. The Kier molecular flexibility index (Phi) is 6.08. The molecule has 180 valence electrons. The van der Waals surface area contributed by atoms with E-state index < -0.39 is 11.9 Å². The molecule has 0 aliphatic rings. The van der Waals surface area contributed by atoms with Crippen molar-refractivity contribution in [2.24, 2.45) is 0 Å². The molecule has 0 fully saturated rings. The number of rotatable bonds is 6. The van der Waals surface area contributed by atoms with Crippen molar-refractivity contribution in [3.63, 3.8) is 0 Å². The van der Waals surface area contributed by atoms with Crippen LogP contribution in [0, 0.1) is 6.92 Å². The Morgan fingerprint density at radius 2 is 1.72 bits per heavy atom. The number of nitrogens with one attached hydrogen (secondary N) is 1. The van der Waals surface area contributed by atoms with Crippen molar-refractivity contribution in [1.82, 2.24) is 14.0 Å². The van der Waals surface area contributed by atoms with Gasteiger partial charge < -0.3 is 14.6 Å². The van der Waals surface area contributed by atoms with Crippen LogP contribution in [-0.2, 0) is 11.3 Å². The van der Waals surface area contributed by atoms with Crippen LogP contribution in [0.2, 0.25) is 0 Å². The van der Waals surface area contributed by atoms with E-state index in [-0.39, 0.29) is 12.2 Å². The first kappa shape index (κ1) is 23.0. The summed E-state index contributed by atoms with van der Waals surface area (Å²) in [6.45, 7) is 4.28. The number of esters is 1. The molecule has 0 bridgehead atoms. The van der Waals surface area contributed by atoms with Crippen molar-refractivity contribution in [2.75, 3.05) is 11.9 Å². The molecule has 0 radical (unpaired) electrons. The van der Waals surface area contributed by atoms with Crippen molar-refractivity contribution >= 4 is 34.2 Å². The van der Waals surface area contributed by atoms with Crippen LogP contribution in [0.5, 0.6) is 0 Å². The van der Waals surface area contributed by atoms with E-state index in [4.69, 9.17) is 9.72 Å². The molecule has 3 heterocycles. The average molecular weight is 481 g/mol. The van der Waals surface area contributed by atoms with Crippen LogP contribution in [0.1, 0.15) is 38.9 Å². The van der Waals surface area contributed by atoms with Gasteiger partial charge in [-0.25, -0.2) is 9.78 Å². The standard InChI is InChI=1S/C28H24N4O4/c1-3-36-28(35)20-11-13-21(14-12-20)29-26(33)23-16-22-25(32(23)17-19-9-5-4-6-10-19)30-24-18(2)8-7-15-31(24)27(22)34/h4-16H,3,17H2,1-2H3,(H,29,33). The summed E-state index contributed by atoms with van der Waals surface area (Å²) in [6.07, 6.45) is 1.68. The molecule has 0 saturated heterocycles. The second-order valence-electron chi connectivity index (χ2n) is 8.39. The molecule has 1 N–H and O–H groups in total. The number of hydrogen-bond acceptors (Lipinski definition) is 5. The minimum absolute atomic E-state index is 0.238. The van der Waals surface area contributed by atoms with Gasteiger partial charge in [0.05, 0.1) is 17.6 Å². The lowest BCUT2D eigenvalue weighted by Gasteiger charge is -2.12. The summed E-state index contributed by atoms with van der Waals surface area (Å²) in [5.74, 6) is -0.815. The van der Waals surface area contributed by atoms with Crippen LogP contribution >= 0.6 is 0 Å². The Morgan fingerprint density at radius 3 is 2.44 bits per heavy atom. The van der Waals surface area contributed by atoms with Crippen LogP contribution in [-0.4, -0.2) is 32.4 Å². The van der Waals surface area contributed by atoms with Gasteiger partial charge in [-0.15, -0.1) is 0 Å². The minimum atomic E-state index is -0.424. The van der Waals surface area contributed by atoms with Gasteiger partial charge in [0.15, 0.2) is 0 Å². The molecule has 5 aromatic rings. The lowest BCUT2D eigenvalue weighted by Crippen LogP contribution is -2.18. The largest absolute Gasteiger partial charge is 0.462 e. The first-order valence-corrected chi connectivity index (χ1v) is 11.6. The number of nitrogens with zero attached hydrogens (tertiary/aromatic N) is 3. The second-order valence-corrected chi connectivity index (χ2v) is 8.39. The number of benzene rings is 2. The van der Waals surface area contributed by atoms with E-state index in [1.54, 1.807) is 54.1 Å². The van der Waals surface area contributed by atoms with E-state index in [0.29, 0.717) is 40.2 Å². The summed E-state index contributed by atoms with van der Waals surface area (Å²) in [5.41, 5.74) is 3.79. The normalized spacial score (nSPS) is 11.1. The molecule has 3 aromatic heterocycles. The summed E-state index contributed by atoms with van der Waals surface area (Å²) in [7, 11) is 0. The zero-order valence-corrected chi connectivity index (χ0v) is 19.9. The molecule has 0 spiro atoms. The van der Waals surface area contributed by atoms with E-state index in [1.807, 2.05) is 43.3 Å². The highest BCUT2D eigenvalue weighted by Crippen LogP contribution is 2.21. The maximum atomic E-state index is 13.4. The number of fused-ring (bicyclic) bond motifs is 2. The number of aromatic nitrogens is 3. The Morgan fingerprint density at radius 1 is 0.972 bits per heavy atom. The number of carbonyl (C=O) groups excluding carboxylic acids is 2. The zero-order chi connectivity index (χ0) is 25.2. The van der Waals surface area contributed by atoms with Gasteiger partial charge in [-0.05, 0) is 61.4 Å². The van der Waals surface area contributed by atoms with Crippen LogP contribution in [0.15, 0.2) is 83.8 Å². The molecule has 1 amide bonds. The predicted octanol–water partition coefficient (Wildman–Crippen LogP) is 4.43. The zero-order valence-electron chi connectivity index (χ0n) is 19.9. The fraction of sp³-hybridized carbons (Fsp3) is 0.143. The van der Waals surface area contributed by atoms with Crippen LogP contribution in [0.4, 0.5) is 5.69 Å². The number of carbonyl (C=O) groups is 2. The minimum Gasteiger partial charge on any atom is -0.462 e. The molecule has 8 heteroatoms. The number of pyridine rings is 1. The first-order valence-electron chi connectivity index (χ1n) is 11.6. The third-order valence-electron chi connectivity index (χ3n) is 5.96. The molecule has 0 aliphatic carbocycles. The van der Waals surface area contributed by atoms with Crippen molar-refractivity contribution in [3.8, 4) is 0 Å². The highest BCUT2D eigenvalue weighted by Gasteiger charge is 2.21. The van der Waals surface area contributed by atoms with Crippen molar-refractivity contribution < 1.29 is 14.3 Å². The van der Waals surface area contributed by atoms with Crippen LogP contribution < -0.4 is 10.9 Å². The quantitative estimate of drug-likeness (QED) is 0.363. The first-order chi connectivity index (χ1) is 17.5. The third-order valence-corrected chi connectivity index (χ3v) is 5.96. The molecule has 0 saturated carbocycles. The highest BCUT2D eigenvalue weighted by atomic mass is 16.5. The topological polar surface area (TPSA) is 94.7 Å². The summed E-state index contributed by atoms with van der Waals surface area (Å²) >= 11 is 0. The SMILES string of the molecule is CCOC(=O)c1ccc(NC(=O)c2cc3c(=O)n4cccc(C)c4nc3n2Cc2ccccc2)cc1. The molecule has 36 heavy (non-hydrogen) atoms. The number of amides is 1. The van der Waals surface area contributed by atoms with E-state index in [0.717, 1.165) is 11.1 Å². The second kappa shape index (κ2) is 9.50. The Balaban J connectivity index is 1.59. The van der Waals surface area contributed by atoms with Gasteiger partial charge in [-0.1, -0.05) is 36.4 Å². The third kappa shape index (κ3) is 4.24. The molecule has 0 aliphatic heterocycles. The van der Waals surface area contributed by atoms with E-state index >= 15 is 0 Å². The highest BCUT2D eigenvalue weighted by molar-refractivity contribution is 6.06. The average Bonchev–Trinajstić information content (AvgIpc) is 3.25. The van der Waals surface area contributed by atoms with Gasteiger partial charge in [-0.2, -0.15) is 0 Å². The summed E-state index contributed by atoms with van der Waals surface area (Å²) in [4.78, 5) is 43.5. The molecule has 5 rings (SSSR count). The van der Waals surface area contributed by atoms with Crippen molar-refractivity contribution in [3.05, 3.63) is 112 Å². The van der Waals surface area contributed by atoms with E-state index in [2.05, 4.69) is 5.32 Å². The van der Waals surface area contributed by atoms with E-state index in [1.165, 1.54) is 4.40 Å². The van der Waals surface area contributed by atoms with E-state index in [9.17, 15) is 14.4 Å².